The highest BCUT2D eigenvalue weighted by Crippen LogP contribution is 2.30. The summed E-state index contributed by atoms with van der Waals surface area (Å²) in [6.45, 7) is 9.56. The van der Waals surface area contributed by atoms with Crippen LogP contribution < -0.4 is 10.6 Å². The van der Waals surface area contributed by atoms with Crippen LogP contribution in [0.4, 0.5) is 9.93 Å². The summed E-state index contributed by atoms with van der Waals surface area (Å²) in [6, 6.07) is 19.1. The zero-order valence-corrected chi connectivity index (χ0v) is 27.4. The Morgan fingerprint density at radius 2 is 1.77 bits per heavy atom. The van der Waals surface area contributed by atoms with Gasteiger partial charge in [-0.2, -0.15) is 4.31 Å². The predicted octanol–water partition coefficient (Wildman–Crippen LogP) is 5.45. The van der Waals surface area contributed by atoms with Crippen LogP contribution in [0.5, 0.6) is 0 Å². The lowest BCUT2D eigenvalue weighted by Crippen LogP contribution is -2.51. The van der Waals surface area contributed by atoms with Crippen molar-refractivity contribution in [1.82, 2.24) is 19.6 Å². The Labute approximate surface area is 263 Å². The quantitative estimate of drug-likeness (QED) is 0.176. The average Bonchev–Trinajstić information content (AvgIpc) is 3.37. The minimum absolute atomic E-state index is 0.0158. The molecule has 0 fully saturated rings. The van der Waals surface area contributed by atoms with Gasteiger partial charge in [0.25, 0.3) is 0 Å². The van der Waals surface area contributed by atoms with E-state index in [1.165, 1.54) is 15.6 Å². The minimum Gasteiger partial charge on any atom is -0.444 e. The van der Waals surface area contributed by atoms with E-state index in [4.69, 9.17) is 4.74 Å². The maximum absolute atomic E-state index is 14.0. The normalized spacial score (nSPS) is 13.6. The number of nitrogens with one attached hydrogen (secondary N) is 2. The number of ether oxygens (including phenoxy) is 1. The second-order valence-electron chi connectivity index (χ2n) is 12.0. The van der Waals surface area contributed by atoms with E-state index in [0.29, 0.717) is 21.9 Å². The predicted molar refractivity (Wildman–Crippen MR) is 174 cm³/mol. The van der Waals surface area contributed by atoms with E-state index >= 15 is 0 Å². The molecule has 236 valence electrons. The molecule has 0 saturated heterocycles. The molecule has 0 aliphatic heterocycles. The van der Waals surface area contributed by atoms with Crippen LogP contribution in [0, 0.1) is 5.92 Å². The number of rotatable bonds is 13. The third-order valence-corrected chi connectivity index (χ3v) is 9.37. The maximum atomic E-state index is 14.0. The number of anilines is 1. The number of hydrogen-bond donors (Lipinski definition) is 3. The van der Waals surface area contributed by atoms with Crippen LogP contribution in [0.3, 0.4) is 0 Å². The lowest BCUT2D eigenvalue weighted by atomic mass is 10.0. The largest absolute Gasteiger partial charge is 0.444 e. The lowest BCUT2D eigenvalue weighted by Gasteiger charge is -2.31. The number of alkyl carbamates (subject to hydrolysis) is 1. The number of aliphatic hydroxyl groups is 1. The van der Waals surface area contributed by atoms with Gasteiger partial charge in [-0.3, -0.25) is 4.98 Å². The number of sulfonamides is 1. The molecule has 2 heterocycles. The summed E-state index contributed by atoms with van der Waals surface area (Å²) in [6.07, 6.45) is 0.117. The first-order valence-corrected chi connectivity index (χ1v) is 16.8. The third-order valence-electron chi connectivity index (χ3n) is 6.57. The number of fused-ring (bicyclic) bond motifs is 1. The van der Waals surface area contributed by atoms with Crippen molar-refractivity contribution in [2.45, 2.75) is 70.2 Å². The molecule has 44 heavy (non-hydrogen) atoms. The Morgan fingerprint density at radius 3 is 2.43 bits per heavy atom. The van der Waals surface area contributed by atoms with Crippen LogP contribution in [-0.2, 0) is 27.7 Å². The molecule has 0 bridgehead atoms. The number of amides is 1. The van der Waals surface area contributed by atoms with Gasteiger partial charge in [-0.15, -0.1) is 0 Å². The van der Waals surface area contributed by atoms with E-state index in [9.17, 15) is 18.3 Å². The van der Waals surface area contributed by atoms with Crippen molar-refractivity contribution >= 4 is 42.8 Å². The SMILES string of the molecule is CC(C)CN(C[C@@H](O)[C@H](Cc1ccccc1)NC(=O)OC(C)(C)C)S(=O)(=O)c1ccc2nc(NCc3ccccn3)sc2c1. The summed E-state index contributed by atoms with van der Waals surface area (Å²) in [5, 5.41) is 18.1. The van der Waals surface area contributed by atoms with Crippen molar-refractivity contribution in [2.75, 3.05) is 18.4 Å². The summed E-state index contributed by atoms with van der Waals surface area (Å²) < 4.78 is 35.5. The molecule has 0 unspecified atom stereocenters. The van der Waals surface area contributed by atoms with Crippen LogP contribution >= 0.6 is 11.3 Å². The van der Waals surface area contributed by atoms with Crippen molar-refractivity contribution < 1.29 is 23.1 Å². The zero-order valence-electron chi connectivity index (χ0n) is 25.7. The molecule has 2 aromatic heterocycles. The summed E-state index contributed by atoms with van der Waals surface area (Å²) >= 11 is 1.36. The van der Waals surface area contributed by atoms with Gasteiger partial charge in [-0.05, 0) is 69.0 Å². The van der Waals surface area contributed by atoms with Gasteiger partial charge in [0.2, 0.25) is 10.0 Å². The summed E-state index contributed by atoms with van der Waals surface area (Å²) in [5.41, 5.74) is 1.69. The second-order valence-corrected chi connectivity index (χ2v) is 15.0. The van der Waals surface area contributed by atoms with E-state index in [0.717, 1.165) is 11.3 Å². The first kappa shape index (κ1) is 33.3. The van der Waals surface area contributed by atoms with Crippen LogP contribution in [-0.4, -0.2) is 64.7 Å². The summed E-state index contributed by atoms with van der Waals surface area (Å²) in [5.74, 6) is -0.0158. The summed E-state index contributed by atoms with van der Waals surface area (Å²) in [7, 11) is -4.01. The molecular formula is C32H41N5O5S2. The average molecular weight is 640 g/mol. The Hall–Kier alpha value is -3.58. The second kappa shape index (κ2) is 14.5. The van der Waals surface area contributed by atoms with Crippen LogP contribution in [0.1, 0.15) is 45.9 Å². The molecular weight excluding hydrogens is 599 g/mol. The number of thiazole rings is 1. The first-order chi connectivity index (χ1) is 20.8. The standard InChI is InChI=1S/C32H41N5O5S2/c1-22(2)20-37(21-28(38)27(17-23-11-7-6-8-12-23)36-31(39)42-32(3,4)5)44(40,41)25-14-15-26-29(18-25)43-30(35-26)34-19-24-13-9-10-16-33-24/h6-16,18,22,27-28,38H,17,19-21H2,1-5H3,(H,34,35)(H,36,39)/t27-,28+/m0/s1. The fourth-order valence-electron chi connectivity index (χ4n) is 4.58. The molecule has 0 spiro atoms. The molecule has 0 aliphatic rings. The maximum Gasteiger partial charge on any atom is 0.407 e. The number of hydrogen-bond acceptors (Lipinski definition) is 9. The fourth-order valence-corrected chi connectivity index (χ4v) is 7.21. The smallest absolute Gasteiger partial charge is 0.407 e. The number of carbonyl (C=O) groups excluding carboxylic acids is 1. The van der Waals surface area contributed by atoms with Crippen molar-refractivity contribution in [3.05, 3.63) is 84.2 Å². The molecule has 2 atom stereocenters. The monoisotopic (exact) mass is 639 g/mol. The molecule has 3 N–H and O–H groups in total. The highest BCUT2D eigenvalue weighted by Gasteiger charge is 2.32. The summed E-state index contributed by atoms with van der Waals surface area (Å²) in [4.78, 5) is 21.7. The van der Waals surface area contributed by atoms with Crippen LogP contribution in [0.15, 0.2) is 77.8 Å². The number of aromatic nitrogens is 2. The fraction of sp³-hybridized carbons (Fsp3) is 0.406. The van der Waals surface area contributed by atoms with Crippen LogP contribution in [0.2, 0.25) is 0 Å². The topological polar surface area (TPSA) is 134 Å². The molecule has 0 aliphatic carbocycles. The number of nitrogens with zero attached hydrogens (tertiary/aromatic N) is 3. The molecule has 4 aromatic rings. The van der Waals surface area contributed by atoms with E-state index in [1.807, 2.05) is 62.4 Å². The van der Waals surface area contributed by atoms with Gasteiger partial charge in [-0.1, -0.05) is 61.6 Å². The Bertz CT molecular complexity index is 1620. The van der Waals surface area contributed by atoms with Gasteiger partial charge in [0.05, 0.1) is 39.5 Å². The minimum atomic E-state index is -4.01. The molecule has 12 heteroatoms. The number of aliphatic hydroxyl groups excluding tert-OH is 1. The highest BCUT2D eigenvalue weighted by atomic mass is 32.2. The van der Waals surface area contributed by atoms with E-state index in [-0.39, 0.29) is 30.3 Å². The Morgan fingerprint density at radius 1 is 1.05 bits per heavy atom. The van der Waals surface area contributed by atoms with Gasteiger partial charge in [0, 0.05) is 19.3 Å². The van der Waals surface area contributed by atoms with Crippen molar-refractivity contribution in [2.24, 2.45) is 5.92 Å². The van der Waals surface area contributed by atoms with Crippen LogP contribution in [0.25, 0.3) is 10.2 Å². The van der Waals surface area contributed by atoms with E-state index in [2.05, 4.69) is 20.6 Å². The Balaban J connectivity index is 1.56. The zero-order chi connectivity index (χ0) is 31.9. The molecule has 0 saturated carbocycles. The first-order valence-electron chi connectivity index (χ1n) is 14.6. The number of benzene rings is 2. The highest BCUT2D eigenvalue weighted by molar-refractivity contribution is 7.89. The van der Waals surface area contributed by atoms with Crippen molar-refractivity contribution in [3.63, 3.8) is 0 Å². The molecule has 0 radical (unpaired) electrons. The van der Waals surface area contributed by atoms with Gasteiger partial charge < -0.3 is 20.5 Å². The number of carbonyl (C=O) groups is 1. The lowest BCUT2D eigenvalue weighted by molar-refractivity contribution is 0.0400. The van der Waals surface area contributed by atoms with E-state index < -0.39 is 33.9 Å². The van der Waals surface area contributed by atoms with Crippen molar-refractivity contribution in [3.8, 4) is 0 Å². The molecule has 1 amide bonds. The van der Waals surface area contributed by atoms with Gasteiger partial charge in [0.1, 0.15) is 5.60 Å². The molecule has 2 aromatic carbocycles. The van der Waals surface area contributed by atoms with E-state index in [1.54, 1.807) is 45.2 Å². The molecule has 10 nitrogen and oxygen atoms in total. The van der Waals surface area contributed by atoms with Gasteiger partial charge in [-0.25, -0.2) is 18.2 Å². The van der Waals surface area contributed by atoms with Gasteiger partial charge in [0.15, 0.2) is 5.13 Å². The van der Waals surface area contributed by atoms with Crippen molar-refractivity contribution in [1.29, 1.82) is 0 Å². The third kappa shape index (κ3) is 9.46. The molecule has 4 rings (SSSR count). The number of pyridine rings is 1. The Kier molecular flexibility index (Phi) is 11.0. The van der Waals surface area contributed by atoms with Gasteiger partial charge >= 0.3 is 6.09 Å².